The van der Waals surface area contributed by atoms with Crippen LogP contribution in [0.4, 0.5) is 5.69 Å². The molecule has 0 spiro atoms. The van der Waals surface area contributed by atoms with Gasteiger partial charge in [-0.05, 0) is 59.7 Å². The Morgan fingerprint density at radius 3 is 2.43 bits per heavy atom. The van der Waals surface area contributed by atoms with Gasteiger partial charge in [-0.1, -0.05) is 35.9 Å². The third-order valence-corrected chi connectivity index (χ3v) is 8.12. The molecule has 1 amide bonds. The van der Waals surface area contributed by atoms with Crippen LogP contribution in [0, 0.1) is 0 Å². The van der Waals surface area contributed by atoms with Gasteiger partial charge >= 0.3 is 0 Å². The van der Waals surface area contributed by atoms with E-state index in [1.807, 2.05) is 66.7 Å². The number of sulfone groups is 1. The molecule has 1 aliphatic heterocycles. The van der Waals surface area contributed by atoms with Crippen LogP contribution < -0.4 is 5.32 Å². The van der Waals surface area contributed by atoms with Crippen molar-refractivity contribution in [1.29, 1.82) is 0 Å². The first-order valence-electron chi connectivity index (χ1n) is 11.9. The molecule has 5 rings (SSSR count). The van der Waals surface area contributed by atoms with Gasteiger partial charge in [-0.15, -0.1) is 0 Å². The standard InChI is InChI=1S/C27H26ClN5O3S/c28-23-8-4-19(5-9-23)17-25-30-26(32-31-25)21-6-10-24(11-7-21)29-27(34)22-3-1-2-20(16-22)18-33-12-14-37(35,36)15-13-33/h1-11,16H,12-15,17-18H2,(H,29,34)(H,30,31,32). The lowest BCUT2D eigenvalue weighted by Crippen LogP contribution is -2.39. The lowest BCUT2D eigenvalue weighted by Gasteiger charge is -2.26. The van der Waals surface area contributed by atoms with Crippen LogP contribution in [-0.4, -0.2) is 59.0 Å². The van der Waals surface area contributed by atoms with Crippen molar-refractivity contribution in [2.75, 3.05) is 29.9 Å². The number of nitrogens with zero attached hydrogens (tertiary/aromatic N) is 3. The van der Waals surface area contributed by atoms with Crippen LogP contribution in [0.5, 0.6) is 0 Å². The number of carbonyl (C=O) groups excluding carboxylic acids is 1. The van der Waals surface area contributed by atoms with Crippen molar-refractivity contribution in [3.63, 3.8) is 0 Å². The lowest BCUT2D eigenvalue weighted by atomic mass is 10.1. The highest BCUT2D eigenvalue weighted by atomic mass is 35.5. The van der Waals surface area contributed by atoms with Crippen molar-refractivity contribution in [1.82, 2.24) is 20.1 Å². The van der Waals surface area contributed by atoms with Gasteiger partial charge in [0.05, 0.1) is 11.5 Å². The van der Waals surface area contributed by atoms with Crippen LogP contribution in [0.25, 0.3) is 11.4 Å². The highest BCUT2D eigenvalue weighted by molar-refractivity contribution is 7.91. The quantitative estimate of drug-likeness (QED) is 0.367. The summed E-state index contributed by atoms with van der Waals surface area (Å²) in [7, 11) is -2.92. The third-order valence-electron chi connectivity index (χ3n) is 6.26. The van der Waals surface area contributed by atoms with Gasteiger partial charge in [-0.3, -0.25) is 14.8 Å². The van der Waals surface area contributed by atoms with Gasteiger partial charge in [0.2, 0.25) is 0 Å². The predicted octanol–water partition coefficient (Wildman–Crippen LogP) is 4.20. The molecule has 0 radical (unpaired) electrons. The number of amides is 1. The number of carbonyl (C=O) groups is 1. The Labute approximate surface area is 220 Å². The summed E-state index contributed by atoms with van der Waals surface area (Å²) in [4.78, 5) is 19.5. The zero-order valence-corrected chi connectivity index (χ0v) is 21.6. The molecular weight excluding hydrogens is 510 g/mol. The Bertz CT molecular complexity index is 1490. The monoisotopic (exact) mass is 535 g/mol. The predicted molar refractivity (Wildman–Crippen MR) is 144 cm³/mol. The first-order valence-corrected chi connectivity index (χ1v) is 14.1. The minimum atomic E-state index is -2.92. The smallest absolute Gasteiger partial charge is 0.255 e. The highest BCUT2D eigenvalue weighted by Crippen LogP contribution is 2.20. The fraction of sp³-hybridized carbons (Fsp3) is 0.222. The van der Waals surface area contributed by atoms with E-state index in [9.17, 15) is 13.2 Å². The van der Waals surface area contributed by atoms with E-state index >= 15 is 0 Å². The Morgan fingerprint density at radius 2 is 1.70 bits per heavy atom. The average Bonchev–Trinajstić information content (AvgIpc) is 3.36. The van der Waals surface area contributed by atoms with E-state index in [0.717, 1.165) is 16.7 Å². The minimum absolute atomic E-state index is 0.181. The van der Waals surface area contributed by atoms with Gasteiger partial charge in [0.1, 0.15) is 0 Å². The molecule has 0 saturated carbocycles. The maximum Gasteiger partial charge on any atom is 0.255 e. The Kier molecular flexibility index (Phi) is 7.36. The number of anilines is 1. The largest absolute Gasteiger partial charge is 0.322 e. The summed E-state index contributed by atoms with van der Waals surface area (Å²) in [5.74, 6) is 1.49. The fourth-order valence-electron chi connectivity index (χ4n) is 4.18. The normalized spacial score (nSPS) is 15.4. The molecular formula is C27H26ClN5O3S. The molecule has 1 aromatic heterocycles. The van der Waals surface area contributed by atoms with E-state index in [-0.39, 0.29) is 17.4 Å². The summed E-state index contributed by atoms with van der Waals surface area (Å²) < 4.78 is 23.3. The number of benzene rings is 3. The molecule has 8 nitrogen and oxygen atoms in total. The van der Waals surface area contributed by atoms with Crippen LogP contribution in [0.15, 0.2) is 72.8 Å². The molecule has 1 aliphatic rings. The molecule has 10 heteroatoms. The van der Waals surface area contributed by atoms with Gasteiger partial charge < -0.3 is 5.32 Å². The lowest BCUT2D eigenvalue weighted by molar-refractivity contribution is 0.102. The summed E-state index contributed by atoms with van der Waals surface area (Å²) in [6, 6.07) is 22.4. The third kappa shape index (κ3) is 6.62. The van der Waals surface area contributed by atoms with E-state index < -0.39 is 9.84 Å². The number of aromatic amines is 1. The molecule has 0 unspecified atom stereocenters. The number of H-pyrrole nitrogens is 1. The Balaban J connectivity index is 1.19. The van der Waals surface area contributed by atoms with Crippen molar-refractivity contribution < 1.29 is 13.2 Å². The van der Waals surface area contributed by atoms with Crippen LogP contribution in [0.2, 0.25) is 5.02 Å². The van der Waals surface area contributed by atoms with Crippen molar-refractivity contribution in [2.24, 2.45) is 0 Å². The zero-order valence-electron chi connectivity index (χ0n) is 20.0. The van der Waals surface area contributed by atoms with Crippen LogP contribution in [-0.2, 0) is 22.8 Å². The maximum atomic E-state index is 12.9. The second kappa shape index (κ2) is 10.8. The van der Waals surface area contributed by atoms with E-state index in [0.29, 0.717) is 54.0 Å². The second-order valence-electron chi connectivity index (χ2n) is 9.06. The molecule has 37 heavy (non-hydrogen) atoms. The van der Waals surface area contributed by atoms with E-state index in [1.54, 1.807) is 6.07 Å². The SMILES string of the molecule is O=C(Nc1ccc(-c2nc(Cc3ccc(Cl)cc3)n[nH]2)cc1)c1cccc(CN2CCS(=O)(=O)CC2)c1. The number of aromatic nitrogens is 3. The molecule has 0 atom stereocenters. The van der Waals surface area contributed by atoms with Gasteiger partial charge in [0.15, 0.2) is 21.5 Å². The highest BCUT2D eigenvalue weighted by Gasteiger charge is 2.21. The topological polar surface area (TPSA) is 108 Å². The van der Waals surface area contributed by atoms with Gasteiger partial charge in [-0.2, -0.15) is 5.10 Å². The summed E-state index contributed by atoms with van der Waals surface area (Å²) in [6.45, 7) is 1.64. The number of rotatable bonds is 7. The van der Waals surface area contributed by atoms with Crippen molar-refractivity contribution in [3.05, 3.63) is 100 Å². The molecule has 4 aromatic rings. The first kappa shape index (κ1) is 25.1. The number of nitrogens with one attached hydrogen (secondary N) is 2. The Hall–Kier alpha value is -3.53. The van der Waals surface area contributed by atoms with E-state index in [4.69, 9.17) is 11.6 Å². The summed E-state index contributed by atoms with van der Waals surface area (Å²) in [6.07, 6.45) is 0.595. The Morgan fingerprint density at radius 1 is 0.973 bits per heavy atom. The number of hydrogen-bond donors (Lipinski definition) is 2. The molecule has 0 bridgehead atoms. The second-order valence-corrected chi connectivity index (χ2v) is 11.8. The summed E-state index contributed by atoms with van der Waals surface area (Å²) in [5, 5.41) is 10.9. The minimum Gasteiger partial charge on any atom is -0.322 e. The summed E-state index contributed by atoms with van der Waals surface area (Å²) >= 11 is 5.95. The molecule has 1 saturated heterocycles. The van der Waals surface area contributed by atoms with Crippen LogP contribution >= 0.6 is 11.6 Å². The average molecular weight is 536 g/mol. The number of halogens is 1. The number of hydrogen-bond acceptors (Lipinski definition) is 6. The van der Waals surface area contributed by atoms with Crippen molar-refractivity contribution in [3.8, 4) is 11.4 Å². The molecule has 1 fully saturated rings. The molecule has 190 valence electrons. The van der Waals surface area contributed by atoms with Gasteiger partial charge in [0.25, 0.3) is 5.91 Å². The maximum absolute atomic E-state index is 12.9. The zero-order chi connectivity index (χ0) is 25.8. The molecule has 0 aliphatic carbocycles. The van der Waals surface area contributed by atoms with E-state index in [2.05, 4.69) is 25.4 Å². The van der Waals surface area contributed by atoms with Gasteiger partial charge in [0, 0.05) is 47.9 Å². The van der Waals surface area contributed by atoms with E-state index in [1.165, 1.54) is 0 Å². The summed E-state index contributed by atoms with van der Waals surface area (Å²) in [5.41, 5.74) is 4.12. The fourth-order valence-corrected chi connectivity index (χ4v) is 5.58. The first-order chi connectivity index (χ1) is 17.8. The van der Waals surface area contributed by atoms with Crippen molar-refractivity contribution >= 4 is 33.0 Å². The molecule has 2 heterocycles. The van der Waals surface area contributed by atoms with Crippen LogP contribution in [0.1, 0.15) is 27.3 Å². The van der Waals surface area contributed by atoms with Gasteiger partial charge in [-0.25, -0.2) is 13.4 Å². The molecule has 3 aromatic carbocycles. The van der Waals surface area contributed by atoms with Crippen molar-refractivity contribution in [2.45, 2.75) is 13.0 Å². The van der Waals surface area contributed by atoms with Crippen LogP contribution in [0.3, 0.4) is 0 Å². The molecule has 2 N–H and O–H groups in total.